The highest BCUT2D eigenvalue weighted by Crippen LogP contribution is 2.42. The molecule has 0 spiro atoms. The third kappa shape index (κ3) is 1.96. The quantitative estimate of drug-likeness (QED) is 0.689. The van der Waals surface area contributed by atoms with Crippen LogP contribution >= 0.6 is 0 Å². The minimum absolute atomic E-state index is 0.352. The van der Waals surface area contributed by atoms with Crippen molar-refractivity contribution in [2.75, 3.05) is 19.8 Å². The van der Waals surface area contributed by atoms with Crippen molar-refractivity contribution in [3.05, 3.63) is 0 Å². The second kappa shape index (κ2) is 4.63. The van der Waals surface area contributed by atoms with Gasteiger partial charge in [-0.15, -0.1) is 0 Å². The third-order valence-corrected chi connectivity index (χ3v) is 4.26. The smallest absolute Gasteiger partial charge is 0.0538 e. The molecule has 1 saturated carbocycles. The standard InChI is InChI=1S/C12H23NO/c13-9-12(7-8-14-10-12)11-5-3-1-2-4-6-11/h11H,1-10,13H2. The van der Waals surface area contributed by atoms with Crippen molar-refractivity contribution in [3.8, 4) is 0 Å². The average Bonchev–Trinajstić information content (AvgIpc) is 2.54. The molecule has 1 heterocycles. The first-order valence-corrected chi connectivity index (χ1v) is 6.15. The Balaban J connectivity index is 2.01. The highest BCUT2D eigenvalue weighted by molar-refractivity contribution is 4.91. The van der Waals surface area contributed by atoms with Crippen molar-refractivity contribution in [1.82, 2.24) is 0 Å². The second-order valence-corrected chi connectivity index (χ2v) is 5.06. The first kappa shape index (κ1) is 10.4. The van der Waals surface area contributed by atoms with Crippen LogP contribution in [0.25, 0.3) is 0 Å². The first-order chi connectivity index (χ1) is 6.87. The van der Waals surface area contributed by atoms with Crippen molar-refractivity contribution in [2.45, 2.75) is 44.9 Å². The molecule has 1 aliphatic carbocycles. The highest BCUT2D eigenvalue weighted by Gasteiger charge is 2.40. The van der Waals surface area contributed by atoms with Crippen molar-refractivity contribution < 1.29 is 4.74 Å². The Hall–Kier alpha value is -0.0800. The molecule has 2 fully saturated rings. The van der Waals surface area contributed by atoms with Crippen LogP contribution in [-0.2, 0) is 4.74 Å². The Labute approximate surface area is 87.2 Å². The van der Waals surface area contributed by atoms with E-state index >= 15 is 0 Å². The molecule has 0 amide bonds. The summed E-state index contributed by atoms with van der Waals surface area (Å²) in [7, 11) is 0. The summed E-state index contributed by atoms with van der Waals surface area (Å²) < 4.78 is 5.57. The Morgan fingerprint density at radius 3 is 2.36 bits per heavy atom. The zero-order valence-electron chi connectivity index (χ0n) is 9.13. The topological polar surface area (TPSA) is 35.2 Å². The van der Waals surface area contributed by atoms with E-state index in [9.17, 15) is 0 Å². The lowest BCUT2D eigenvalue weighted by Gasteiger charge is -2.34. The van der Waals surface area contributed by atoms with E-state index in [0.717, 1.165) is 25.7 Å². The van der Waals surface area contributed by atoms with Crippen LogP contribution in [0, 0.1) is 11.3 Å². The van der Waals surface area contributed by atoms with Crippen molar-refractivity contribution in [1.29, 1.82) is 0 Å². The van der Waals surface area contributed by atoms with E-state index in [-0.39, 0.29) is 0 Å². The lowest BCUT2D eigenvalue weighted by Crippen LogP contribution is -2.38. The predicted molar refractivity (Wildman–Crippen MR) is 58.1 cm³/mol. The van der Waals surface area contributed by atoms with E-state index in [1.54, 1.807) is 0 Å². The van der Waals surface area contributed by atoms with Crippen LogP contribution in [0.2, 0.25) is 0 Å². The number of hydrogen-bond donors (Lipinski definition) is 1. The van der Waals surface area contributed by atoms with Crippen LogP contribution < -0.4 is 5.73 Å². The van der Waals surface area contributed by atoms with Gasteiger partial charge in [0.15, 0.2) is 0 Å². The molecule has 0 aromatic heterocycles. The van der Waals surface area contributed by atoms with Crippen LogP contribution in [0.5, 0.6) is 0 Å². The van der Waals surface area contributed by atoms with Crippen LogP contribution in [0.3, 0.4) is 0 Å². The molecule has 2 heteroatoms. The molecule has 1 unspecified atom stereocenters. The van der Waals surface area contributed by atoms with Gasteiger partial charge in [0, 0.05) is 18.6 Å². The van der Waals surface area contributed by atoms with Gasteiger partial charge in [0.2, 0.25) is 0 Å². The van der Waals surface area contributed by atoms with Gasteiger partial charge in [-0.05, 0) is 25.2 Å². The molecule has 0 bridgehead atoms. The molecule has 1 saturated heterocycles. The summed E-state index contributed by atoms with van der Waals surface area (Å²) in [6.45, 7) is 2.69. The summed E-state index contributed by atoms with van der Waals surface area (Å²) >= 11 is 0. The normalized spacial score (nSPS) is 35.8. The van der Waals surface area contributed by atoms with Gasteiger partial charge in [0.1, 0.15) is 0 Å². The minimum Gasteiger partial charge on any atom is -0.381 e. The Morgan fingerprint density at radius 2 is 1.86 bits per heavy atom. The molecule has 2 aliphatic rings. The molecule has 2 nitrogen and oxygen atoms in total. The summed E-state index contributed by atoms with van der Waals surface area (Å²) in [6, 6.07) is 0. The van der Waals surface area contributed by atoms with Crippen LogP contribution in [-0.4, -0.2) is 19.8 Å². The van der Waals surface area contributed by atoms with Gasteiger partial charge >= 0.3 is 0 Å². The number of hydrogen-bond acceptors (Lipinski definition) is 2. The third-order valence-electron chi connectivity index (χ3n) is 4.26. The van der Waals surface area contributed by atoms with E-state index in [2.05, 4.69) is 0 Å². The summed E-state index contributed by atoms with van der Waals surface area (Å²) in [5.41, 5.74) is 6.32. The summed E-state index contributed by atoms with van der Waals surface area (Å²) in [5.74, 6) is 0.845. The largest absolute Gasteiger partial charge is 0.381 e. The molecular weight excluding hydrogens is 174 g/mol. The Kier molecular flexibility index (Phi) is 3.45. The molecule has 2 rings (SSSR count). The van der Waals surface area contributed by atoms with Crippen LogP contribution in [0.15, 0.2) is 0 Å². The van der Waals surface area contributed by atoms with Crippen molar-refractivity contribution in [2.24, 2.45) is 17.1 Å². The van der Waals surface area contributed by atoms with Gasteiger partial charge in [0.05, 0.1) is 6.61 Å². The summed E-state index contributed by atoms with van der Waals surface area (Å²) in [5, 5.41) is 0. The molecule has 82 valence electrons. The molecule has 1 aliphatic heterocycles. The Bertz CT molecular complexity index is 167. The maximum absolute atomic E-state index is 5.97. The molecule has 14 heavy (non-hydrogen) atoms. The highest BCUT2D eigenvalue weighted by atomic mass is 16.5. The maximum atomic E-state index is 5.97. The van der Waals surface area contributed by atoms with Gasteiger partial charge < -0.3 is 10.5 Å². The molecule has 0 aromatic rings. The molecule has 0 radical (unpaired) electrons. The number of rotatable bonds is 2. The van der Waals surface area contributed by atoms with E-state index in [1.165, 1.54) is 44.9 Å². The zero-order chi connectivity index (χ0) is 9.86. The van der Waals surface area contributed by atoms with Crippen molar-refractivity contribution >= 4 is 0 Å². The van der Waals surface area contributed by atoms with Gasteiger partial charge in [-0.25, -0.2) is 0 Å². The van der Waals surface area contributed by atoms with E-state index in [1.807, 2.05) is 0 Å². The molecular formula is C12H23NO. The fraction of sp³-hybridized carbons (Fsp3) is 1.00. The SMILES string of the molecule is NCC1(C2CCCCCC2)CCOC1. The summed E-state index contributed by atoms with van der Waals surface area (Å²) in [6.07, 6.45) is 9.66. The fourth-order valence-electron chi connectivity index (χ4n) is 3.16. The van der Waals surface area contributed by atoms with Crippen LogP contribution in [0.4, 0.5) is 0 Å². The molecule has 2 N–H and O–H groups in total. The van der Waals surface area contributed by atoms with Crippen molar-refractivity contribution in [3.63, 3.8) is 0 Å². The van der Waals surface area contributed by atoms with E-state index < -0.39 is 0 Å². The van der Waals surface area contributed by atoms with Gasteiger partial charge in [0.25, 0.3) is 0 Å². The summed E-state index contributed by atoms with van der Waals surface area (Å²) in [4.78, 5) is 0. The molecule has 0 aromatic carbocycles. The predicted octanol–water partition coefficient (Wildman–Crippen LogP) is 2.32. The first-order valence-electron chi connectivity index (χ1n) is 6.15. The maximum Gasteiger partial charge on any atom is 0.0538 e. The lowest BCUT2D eigenvalue weighted by atomic mass is 9.71. The lowest BCUT2D eigenvalue weighted by molar-refractivity contribution is 0.103. The monoisotopic (exact) mass is 197 g/mol. The zero-order valence-corrected chi connectivity index (χ0v) is 9.13. The molecule has 1 atom stereocenters. The fourth-order valence-corrected chi connectivity index (χ4v) is 3.16. The van der Waals surface area contributed by atoms with Crippen LogP contribution in [0.1, 0.15) is 44.9 Å². The second-order valence-electron chi connectivity index (χ2n) is 5.06. The average molecular weight is 197 g/mol. The van der Waals surface area contributed by atoms with E-state index in [0.29, 0.717) is 5.41 Å². The van der Waals surface area contributed by atoms with E-state index in [4.69, 9.17) is 10.5 Å². The minimum atomic E-state index is 0.352. The van der Waals surface area contributed by atoms with Gasteiger partial charge in [-0.1, -0.05) is 25.7 Å². The number of nitrogens with two attached hydrogens (primary N) is 1. The number of ether oxygens (including phenoxy) is 1. The van der Waals surface area contributed by atoms with Gasteiger partial charge in [-0.2, -0.15) is 0 Å². The Morgan fingerprint density at radius 1 is 1.14 bits per heavy atom. The van der Waals surface area contributed by atoms with Gasteiger partial charge in [-0.3, -0.25) is 0 Å².